The Morgan fingerprint density at radius 3 is 2.56 bits per heavy atom. The molecular formula is C21H24FNO2. The van der Waals surface area contributed by atoms with E-state index in [1.54, 1.807) is 18.2 Å². The molecule has 4 heteroatoms. The Labute approximate surface area is 148 Å². The van der Waals surface area contributed by atoms with Crippen LogP contribution in [0.5, 0.6) is 0 Å². The zero-order valence-electron chi connectivity index (χ0n) is 14.4. The van der Waals surface area contributed by atoms with E-state index < -0.39 is 0 Å². The molecule has 0 saturated carbocycles. The number of carbonyl (C=O) groups excluding carboxylic acids is 1. The summed E-state index contributed by atoms with van der Waals surface area (Å²) in [5, 5.41) is 0. The molecule has 2 heterocycles. The molecule has 3 rings (SSSR count). The van der Waals surface area contributed by atoms with Gasteiger partial charge in [0.2, 0.25) is 0 Å². The lowest BCUT2D eigenvalue weighted by molar-refractivity contribution is -0.148. The number of ether oxygens (including phenoxy) is 1. The molecule has 3 nitrogen and oxygen atoms in total. The maximum absolute atomic E-state index is 13.4. The van der Waals surface area contributed by atoms with Gasteiger partial charge in [-0.3, -0.25) is 4.79 Å². The quantitative estimate of drug-likeness (QED) is 0.815. The van der Waals surface area contributed by atoms with Crippen molar-refractivity contribution in [2.45, 2.75) is 37.8 Å². The van der Waals surface area contributed by atoms with Gasteiger partial charge in [0.15, 0.2) is 0 Å². The van der Waals surface area contributed by atoms with Crippen molar-refractivity contribution >= 4 is 5.91 Å². The van der Waals surface area contributed by atoms with Gasteiger partial charge in [-0.25, -0.2) is 4.39 Å². The van der Waals surface area contributed by atoms with Crippen molar-refractivity contribution in [2.75, 3.05) is 13.2 Å². The predicted molar refractivity (Wildman–Crippen MR) is 96.5 cm³/mol. The van der Waals surface area contributed by atoms with Crippen LogP contribution in [0.4, 0.5) is 4.39 Å². The van der Waals surface area contributed by atoms with Crippen LogP contribution in [0, 0.1) is 5.82 Å². The zero-order chi connectivity index (χ0) is 17.8. The number of hydrogen-bond donors (Lipinski definition) is 0. The molecule has 0 aromatic heterocycles. The third kappa shape index (κ3) is 3.59. The normalized spacial score (nSPS) is 24.1. The summed E-state index contributed by atoms with van der Waals surface area (Å²) in [6, 6.07) is 6.04. The van der Waals surface area contributed by atoms with Gasteiger partial charge >= 0.3 is 0 Å². The fraction of sp³-hybridized carbons (Fsp3) is 0.381. The van der Waals surface area contributed by atoms with E-state index in [1.807, 2.05) is 11.0 Å². The molecule has 1 aromatic carbocycles. The standard InChI is InChI=1S/C21H24FNO2/c1-3-15-12-13-23(21(24)19-7-5-6-14-25-19)20(18(15)4-2)16-8-10-17(22)11-9-16/h3-4,8-11,19-20H,1-2,5-7,12-14H2/t19-,20+/m1/s1. The lowest BCUT2D eigenvalue weighted by atomic mass is 9.87. The number of nitrogens with zero attached hydrogens (tertiary/aromatic N) is 1. The first-order valence-corrected chi connectivity index (χ1v) is 8.81. The van der Waals surface area contributed by atoms with E-state index in [-0.39, 0.29) is 23.9 Å². The highest BCUT2D eigenvalue weighted by Crippen LogP contribution is 2.38. The van der Waals surface area contributed by atoms with Crippen LogP contribution < -0.4 is 0 Å². The van der Waals surface area contributed by atoms with E-state index in [4.69, 9.17) is 4.74 Å². The van der Waals surface area contributed by atoms with Crippen molar-refractivity contribution in [1.29, 1.82) is 0 Å². The minimum atomic E-state index is -0.381. The minimum Gasteiger partial charge on any atom is -0.368 e. The molecule has 2 atom stereocenters. The highest BCUT2D eigenvalue weighted by molar-refractivity contribution is 5.82. The molecule has 1 amide bonds. The molecule has 1 fully saturated rings. The van der Waals surface area contributed by atoms with Gasteiger partial charge in [0, 0.05) is 13.2 Å². The summed E-state index contributed by atoms with van der Waals surface area (Å²) in [6.07, 6.45) is 6.73. The van der Waals surface area contributed by atoms with Crippen molar-refractivity contribution in [3.8, 4) is 0 Å². The van der Waals surface area contributed by atoms with E-state index in [9.17, 15) is 9.18 Å². The summed E-state index contributed by atoms with van der Waals surface area (Å²) in [6.45, 7) is 9.05. The number of hydrogen-bond acceptors (Lipinski definition) is 2. The average Bonchev–Trinajstić information content (AvgIpc) is 2.67. The molecule has 0 spiro atoms. The third-order valence-corrected chi connectivity index (χ3v) is 4.99. The smallest absolute Gasteiger partial charge is 0.252 e. The van der Waals surface area contributed by atoms with Gasteiger partial charge in [-0.1, -0.05) is 37.4 Å². The van der Waals surface area contributed by atoms with Crippen LogP contribution in [0.3, 0.4) is 0 Å². The SMILES string of the molecule is C=CC1=C(C=C)[C@H](c2ccc(F)cc2)N(C(=O)[C@H]2CCCCO2)CC1. The van der Waals surface area contributed by atoms with Crippen LogP contribution in [0.1, 0.15) is 37.3 Å². The fourth-order valence-corrected chi connectivity index (χ4v) is 3.68. The number of allylic oxidation sites excluding steroid dienone is 1. The molecule has 0 N–H and O–H groups in total. The van der Waals surface area contributed by atoms with Gasteiger partial charge in [0.05, 0.1) is 6.04 Å². The molecule has 1 aromatic rings. The Balaban J connectivity index is 1.99. The first-order chi connectivity index (χ1) is 12.2. The minimum absolute atomic E-state index is 0.0106. The van der Waals surface area contributed by atoms with E-state index in [0.29, 0.717) is 13.2 Å². The zero-order valence-corrected chi connectivity index (χ0v) is 14.4. The van der Waals surface area contributed by atoms with Crippen molar-refractivity contribution in [3.05, 3.63) is 72.1 Å². The van der Waals surface area contributed by atoms with Crippen LogP contribution >= 0.6 is 0 Å². The number of halogens is 1. The van der Waals surface area contributed by atoms with Gasteiger partial charge in [-0.2, -0.15) is 0 Å². The van der Waals surface area contributed by atoms with Gasteiger partial charge in [-0.15, -0.1) is 0 Å². The monoisotopic (exact) mass is 341 g/mol. The molecule has 1 saturated heterocycles. The lowest BCUT2D eigenvalue weighted by Crippen LogP contribution is -2.46. The summed E-state index contributed by atoms with van der Waals surface area (Å²) in [5.74, 6) is -0.280. The Bertz CT molecular complexity index is 686. The summed E-state index contributed by atoms with van der Waals surface area (Å²) in [7, 11) is 0. The number of carbonyl (C=O) groups is 1. The summed E-state index contributed by atoms with van der Waals surface area (Å²) in [4.78, 5) is 15.0. The molecule has 2 aliphatic heterocycles. The molecule has 0 bridgehead atoms. The van der Waals surface area contributed by atoms with Crippen LogP contribution in [-0.4, -0.2) is 30.1 Å². The van der Waals surface area contributed by atoms with Crippen molar-refractivity contribution in [1.82, 2.24) is 4.90 Å². The van der Waals surface area contributed by atoms with Gasteiger partial charge in [0.1, 0.15) is 11.9 Å². The van der Waals surface area contributed by atoms with Crippen molar-refractivity contribution in [3.63, 3.8) is 0 Å². The van der Waals surface area contributed by atoms with Gasteiger partial charge in [0.25, 0.3) is 5.91 Å². The van der Waals surface area contributed by atoms with Crippen LogP contribution in [0.25, 0.3) is 0 Å². The summed E-state index contributed by atoms with van der Waals surface area (Å²) in [5.41, 5.74) is 2.91. The maximum atomic E-state index is 13.4. The van der Waals surface area contributed by atoms with Crippen molar-refractivity contribution in [2.24, 2.45) is 0 Å². The van der Waals surface area contributed by atoms with E-state index in [2.05, 4.69) is 13.2 Å². The van der Waals surface area contributed by atoms with Gasteiger partial charge < -0.3 is 9.64 Å². The number of rotatable bonds is 4. The second-order valence-corrected chi connectivity index (χ2v) is 6.48. The highest BCUT2D eigenvalue weighted by atomic mass is 19.1. The second kappa shape index (κ2) is 7.79. The Morgan fingerprint density at radius 2 is 1.96 bits per heavy atom. The molecule has 132 valence electrons. The fourth-order valence-electron chi connectivity index (χ4n) is 3.68. The summed E-state index contributed by atoms with van der Waals surface area (Å²) >= 11 is 0. The maximum Gasteiger partial charge on any atom is 0.252 e. The molecular weight excluding hydrogens is 317 g/mol. The van der Waals surface area contributed by atoms with Crippen LogP contribution in [0.2, 0.25) is 0 Å². The average molecular weight is 341 g/mol. The molecule has 0 unspecified atom stereocenters. The van der Waals surface area contributed by atoms with E-state index >= 15 is 0 Å². The van der Waals surface area contributed by atoms with E-state index in [0.717, 1.165) is 42.4 Å². The van der Waals surface area contributed by atoms with Crippen LogP contribution in [0.15, 0.2) is 60.7 Å². The second-order valence-electron chi connectivity index (χ2n) is 6.48. The van der Waals surface area contributed by atoms with Gasteiger partial charge in [-0.05, 0) is 54.5 Å². The molecule has 0 aliphatic carbocycles. The Kier molecular flexibility index (Phi) is 5.49. The van der Waals surface area contributed by atoms with Crippen molar-refractivity contribution < 1.29 is 13.9 Å². The summed E-state index contributed by atoms with van der Waals surface area (Å²) < 4.78 is 19.1. The highest BCUT2D eigenvalue weighted by Gasteiger charge is 2.36. The van der Waals surface area contributed by atoms with E-state index in [1.165, 1.54) is 12.1 Å². The third-order valence-electron chi connectivity index (χ3n) is 4.99. The largest absolute Gasteiger partial charge is 0.368 e. The van der Waals surface area contributed by atoms with Crippen LogP contribution in [-0.2, 0) is 9.53 Å². The Morgan fingerprint density at radius 1 is 1.20 bits per heavy atom. The number of benzene rings is 1. The Hall–Kier alpha value is -2.20. The lowest BCUT2D eigenvalue weighted by Gasteiger charge is -2.40. The predicted octanol–water partition coefficient (Wildman–Crippen LogP) is 4.34. The number of amides is 1. The first-order valence-electron chi connectivity index (χ1n) is 8.81. The first kappa shape index (κ1) is 17.6. The topological polar surface area (TPSA) is 29.5 Å². The molecule has 0 radical (unpaired) electrons. The molecule has 2 aliphatic rings. The molecule has 25 heavy (non-hydrogen) atoms.